The lowest BCUT2D eigenvalue weighted by Crippen LogP contribution is -2.16. The minimum absolute atomic E-state index is 0.127. The Morgan fingerprint density at radius 2 is 1.88 bits per heavy atom. The van der Waals surface area contributed by atoms with E-state index >= 15 is 0 Å². The first-order valence-electron chi connectivity index (χ1n) is 7.89. The van der Waals surface area contributed by atoms with Crippen molar-refractivity contribution in [2.75, 3.05) is 11.3 Å². The Morgan fingerprint density at radius 1 is 1.17 bits per heavy atom. The van der Waals surface area contributed by atoms with Gasteiger partial charge in [0.05, 0.1) is 22.2 Å². The SMILES string of the molecule is CCC1COC(c2ccccc2NS(=O)(=O)c2ccc(C)cc2)=N1. The molecule has 0 fully saturated rings. The van der Waals surface area contributed by atoms with Gasteiger partial charge in [0.2, 0.25) is 5.90 Å². The molecule has 1 unspecified atom stereocenters. The number of nitrogens with zero attached hydrogens (tertiary/aromatic N) is 1. The number of nitrogens with one attached hydrogen (secondary N) is 1. The number of sulfonamides is 1. The Hall–Kier alpha value is -2.34. The highest BCUT2D eigenvalue weighted by atomic mass is 32.2. The molecule has 0 spiro atoms. The molecule has 0 aliphatic carbocycles. The fourth-order valence-corrected chi connectivity index (χ4v) is 3.53. The third kappa shape index (κ3) is 3.43. The third-order valence-electron chi connectivity index (χ3n) is 3.92. The van der Waals surface area contributed by atoms with Crippen molar-refractivity contribution in [3.05, 3.63) is 59.7 Å². The van der Waals surface area contributed by atoms with Crippen LogP contribution in [0, 0.1) is 6.92 Å². The van der Waals surface area contributed by atoms with Crippen molar-refractivity contribution in [3.8, 4) is 0 Å². The van der Waals surface area contributed by atoms with E-state index in [9.17, 15) is 8.42 Å². The molecule has 1 atom stereocenters. The summed E-state index contributed by atoms with van der Waals surface area (Å²) in [5.41, 5.74) is 2.13. The summed E-state index contributed by atoms with van der Waals surface area (Å²) in [5, 5.41) is 0. The molecule has 2 aromatic carbocycles. The van der Waals surface area contributed by atoms with E-state index in [0.29, 0.717) is 23.8 Å². The Balaban J connectivity index is 1.92. The molecule has 1 heterocycles. The van der Waals surface area contributed by atoms with Crippen LogP contribution in [0.2, 0.25) is 0 Å². The monoisotopic (exact) mass is 344 g/mol. The average molecular weight is 344 g/mol. The maximum atomic E-state index is 12.6. The second-order valence-electron chi connectivity index (χ2n) is 5.77. The Bertz CT molecular complexity index is 858. The topological polar surface area (TPSA) is 67.8 Å². The fourth-order valence-electron chi connectivity index (χ4n) is 2.45. The molecular formula is C18H20N2O3S. The molecule has 0 radical (unpaired) electrons. The van der Waals surface area contributed by atoms with Gasteiger partial charge in [-0.2, -0.15) is 0 Å². The van der Waals surface area contributed by atoms with E-state index in [0.717, 1.165) is 12.0 Å². The van der Waals surface area contributed by atoms with Crippen LogP contribution in [0.1, 0.15) is 24.5 Å². The van der Waals surface area contributed by atoms with Crippen LogP contribution in [0.3, 0.4) is 0 Å². The summed E-state index contributed by atoms with van der Waals surface area (Å²) in [6.45, 7) is 4.50. The molecule has 5 nitrogen and oxygen atoms in total. The van der Waals surface area contributed by atoms with Crippen molar-refractivity contribution in [2.45, 2.75) is 31.2 Å². The summed E-state index contributed by atoms with van der Waals surface area (Å²) in [6, 6.07) is 14.0. The number of anilines is 1. The molecule has 0 saturated carbocycles. The minimum Gasteiger partial charge on any atom is -0.475 e. The summed E-state index contributed by atoms with van der Waals surface area (Å²) in [5.74, 6) is 0.490. The van der Waals surface area contributed by atoms with E-state index in [2.05, 4.69) is 9.71 Å². The first kappa shape index (κ1) is 16.5. The molecule has 1 N–H and O–H groups in total. The van der Waals surface area contributed by atoms with Gasteiger partial charge in [-0.1, -0.05) is 36.8 Å². The van der Waals surface area contributed by atoms with Gasteiger partial charge >= 0.3 is 0 Å². The van der Waals surface area contributed by atoms with Gasteiger partial charge in [0.25, 0.3) is 10.0 Å². The number of aryl methyl sites for hydroxylation is 1. The third-order valence-corrected chi connectivity index (χ3v) is 5.30. The van der Waals surface area contributed by atoms with Crippen molar-refractivity contribution in [3.63, 3.8) is 0 Å². The second kappa shape index (κ2) is 6.65. The predicted molar refractivity (Wildman–Crippen MR) is 95.0 cm³/mol. The quantitative estimate of drug-likeness (QED) is 0.904. The second-order valence-corrected chi connectivity index (χ2v) is 7.45. The summed E-state index contributed by atoms with van der Waals surface area (Å²) >= 11 is 0. The van der Waals surface area contributed by atoms with E-state index in [1.165, 1.54) is 0 Å². The van der Waals surface area contributed by atoms with Gasteiger partial charge in [0.1, 0.15) is 6.61 Å². The van der Waals surface area contributed by atoms with Gasteiger partial charge in [-0.25, -0.2) is 13.4 Å². The normalized spacial score (nSPS) is 17.2. The number of hydrogen-bond donors (Lipinski definition) is 1. The average Bonchev–Trinajstić information content (AvgIpc) is 3.04. The van der Waals surface area contributed by atoms with E-state index in [-0.39, 0.29) is 10.9 Å². The van der Waals surface area contributed by atoms with Crippen molar-refractivity contribution >= 4 is 21.6 Å². The number of para-hydroxylation sites is 1. The van der Waals surface area contributed by atoms with Gasteiger partial charge in [-0.05, 0) is 37.6 Å². The molecule has 6 heteroatoms. The standard InChI is InChI=1S/C18H20N2O3S/c1-3-14-12-23-18(19-14)16-6-4-5-7-17(16)20-24(21,22)15-10-8-13(2)9-11-15/h4-11,14,20H,3,12H2,1-2H3. The van der Waals surface area contributed by atoms with Crippen LogP contribution < -0.4 is 4.72 Å². The number of benzene rings is 2. The van der Waals surface area contributed by atoms with Crippen molar-refractivity contribution in [1.82, 2.24) is 0 Å². The Kier molecular flexibility index (Phi) is 4.57. The summed E-state index contributed by atoms with van der Waals surface area (Å²) in [6.07, 6.45) is 0.890. The van der Waals surface area contributed by atoms with Crippen LogP contribution in [0.25, 0.3) is 0 Å². The zero-order valence-corrected chi connectivity index (χ0v) is 14.5. The maximum absolute atomic E-state index is 12.6. The Labute approximate surface area is 142 Å². The highest BCUT2D eigenvalue weighted by Crippen LogP contribution is 2.24. The molecule has 0 bridgehead atoms. The number of ether oxygens (including phenoxy) is 1. The van der Waals surface area contributed by atoms with Gasteiger partial charge in [-0.3, -0.25) is 4.72 Å². The van der Waals surface area contributed by atoms with E-state index in [4.69, 9.17) is 4.74 Å². The van der Waals surface area contributed by atoms with Gasteiger partial charge < -0.3 is 4.74 Å². The van der Waals surface area contributed by atoms with Crippen LogP contribution >= 0.6 is 0 Å². The Morgan fingerprint density at radius 3 is 2.54 bits per heavy atom. The first-order chi connectivity index (χ1) is 11.5. The smallest absolute Gasteiger partial charge is 0.261 e. The molecule has 0 saturated heterocycles. The van der Waals surface area contributed by atoms with Gasteiger partial charge in [0, 0.05) is 0 Å². The highest BCUT2D eigenvalue weighted by molar-refractivity contribution is 7.92. The van der Waals surface area contributed by atoms with Crippen LogP contribution in [0.4, 0.5) is 5.69 Å². The van der Waals surface area contributed by atoms with Crippen LogP contribution in [-0.4, -0.2) is 27.0 Å². The van der Waals surface area contributed by atoms with Crippen molar-refractivity contribution in [1.29, 1.82) is 0 Å². The van der Waals surface area contributed by atoms with E-state index in [1.807, 2.05) is 26.0 Å². The van der Waals surface area contributed by atoms with Gasteiger partial charge in [0.15, 0.2) is 0 Å². The zero-order valence-electron chi connectivity index (χ0n) is 13.7. The van der Waals surface area contributed by atoms with Crippen molar-refractivity contribution in [2.24, 2.45) is 4.99 Å². The van der Waals surface area contributed by atoms with E-state index in [1.54, 1.807) is 36.4 Å². The van der Waals surface area contributed by atoms with Crippen molar-refractivity contribution < 1.29 is 13.2 Å². The fraction of sp³-hybridized carbons (Fsp3) is 0.278. The predicted octanol–water partition coefficient (Wildman–Crippen LogP) is 3.35. The molecule has 3 rings (SSSR count). The number of aliphatic imine (C=N–C) groups is 1. The minimum atomic E-state index is -3.66. The van der Waals surface area contributed by atoms with E-state index < -0.39 is 10.0 Å². The lowest BCUT2D eigenvalue weighted by atomic mass is 10.2. The summed E-state index contributed by atoms with van der Waals surface area (Å²) in [7, 11) is -3.66. The summed E-state index contributed by atoms with van der Waals surface area (Å²) in [4.78, 5) is 4.74. The van der Waals surface area contributed by atoms with Crippen LogP contribution in [0.15, 0.2) is 58.4 Å². The molecule has 0 amide bonds. The van der Waals surface area contributed by atoms with Crippen LogP contribution in [0.5, 0.6) is 0 Å². The number of hydrogen-bond acceptors (Lipinski definition) is 4. The lowest BCUT2D eigenvalue weighted by molar-refractivity contribution is 0.315. The molecule has 24 heavy (non-hydrogen) atoms. The van der Waals surface area contributed by atoms with Crippen LogP contribution in [-0.2, 0) is 14.8 Å². The summed E-state index contributed by atoms with van der Waals surface area (Å²) < 4.78 is 33.5. The molecular weight excluding hydrogens is 324 g/mol. The number of rotatable bonds is 5. The maximum Gasteiger partial charge on any atom is 0.261 e. The molecule has 2 aromatic rings. The molecule has 1 aliphatic rings. The first-order valence-corrected chi connectivity index (χ1v) is 9.37. The lowest BCUT2D eigenvalue weighted by Gasteiger charge is -2.12. The van der Waals surface area contributed by atoms with Gasteiger partial charge in [-0.15, -0.1) is 0 Å². The molecule has 126 valence electrons. The largest absolute Gasteiger partial charge is 0.475 e. The highest BCUT2D eigenvalue weighted by Gasteiger charge is 2.23. The zero-order chi connectivity index (χ0) is 17.2. The molecule has 0 aromatic heterocycles. The molecule has 1 aliphatic heterocycles.